The Bertz CT molecular complexity index is 867. The number of hydrogen-bond donors (Lipinski definition) is 1. The summed E-state index contributed by atoms with van der Waals surface area (Å²) in [5.74, 6) is -1.31. The van der Waals surface area contributed by atoms with Crippen LogP contribution in [0.25, 0.3) is 10.9 Å². The van der Waals surface area contributed by atoms with Crippen molar-refractivity contribution in [1.29, 1.82) is 0 Å². The summed E-state index contributed by atoms with van der Waals surface area (Å²) in [7, 11) is 0. The van der Waals surface area contributed by atoms with Gasteiger partial charge in [0.05, 0.1) is 5.52 Å². The van der Waals surface area contributed by atoms with Crippen LogP contribution in [0, 0.1) is 0 Å². The fraction of sp³-hybridized carbons (Fsp3) is 0.400. The fourth-order valence-electron chi connectivity index (χ4n) is 3.63. The molecule has 1 aliphatic heterocycles. The van der Waals surface area contributed by atoms with Gasteiger partial charge in [-0.2, -0.15) is 0 Å². The van der Waals surface area contributed by atoms with Gasteiger partial charge in [-0.1, -0.05) is 6.07 Å². The number of pyridine rings is 1. The molecule has 0 unspecified atom stereocenters. The van der Waals surface area contributed by atoms with Crippen molar-refractivity contribution in [1.82, 2.24) is 14.8 Å². The summed E-state index contributed by atoms with van der Waals surface area (Å²) in [5.41, 5.74) is 1.46. The second-order valence-electron chi connectivity index (χ2n) is 6.83. The van der Waals surface area contributed by atoms with E-state index in [9.17, 15) is 14.4 Å². The van der Waals surface area contributed by atoms with Gasteiger partial charge < -0.3 is 14.9 Å². The third kappa shape index (κ3) is 4.42. The second-order valence-corrected chi connectivity index (χ2v) is 6.83. The van der Waals surface area contributed by atoms with Crippen LogP contribution in [0.2, 0.25) is 0 Å². The molecular formula is C20H23N3O4. The monoisotopic (exact) mass is 369 g/mol. The van der Waals surface area contributed by atoms with E-state index in [2.05, 4.69) is 4.98 Å². The van der Waals surface area contributed by atoms with E-state index in [1.165, 1.54) is 11.8 Å². The van der Waals surface area contributed by atoms with E-state index in [0.29, 0.717) is 31.5 Å². The Morgan fingerprint density at radius 1 is 1.22 bits per heavy atom. The first kappa shape index (κ1) is 18.8. The van der Waals surface area contributed by atoms with Gasteiger partial charge in [0.2, 0.25) is 5.91 Å². The molecule has 0 radical (unpaired) electrons. The maximum absolute atomic E-state index is 12.9. The van der Waals surface area contributed by atoms with Gasteiger partial charge in [0.15, 0.2) is 0 Å². The molecule has 7 heteroatoms. The number of aliphatic carboxylic acids is 1. The van der Waals surface area contributed by atoms with Gasteiger partial charge in [-0.05, 0) is 43.5 Å². The molecule has 3 rings (SSSR count). The smallest absolute Gasteiger partial charge is 0.323 e. The summed E-state index contributed by atoms with van der Waals surface area (Å²) in [4.78, 5) is 43.2. The summed E-state index contributed by atoms with van der Waals surface area (Å²) in [5, 5.41) is 9.96. The number of hydrogen-bond acceptors (Lipinski definition) is 4. The molecule has 2 aromatic rings. The van der Waals surface area contributed by atoms with Gasteiger partial charge in [-0.3, -0.25) is 19.4 Å². The Labute approximate surface area is 157 Å². The fourth-order valence-corrected chi connectivity index (χ4v) is 3.63. The van der Waals surface area contributed by atoms with Crippen LogP contribution in [-0.2, 0) is 9.59 Å². The van der Waals surface area contributed by atoms with E-state index < -0.39 is 5.97 Å². The number of rotatable bonds is 4. The largest absolute Gasteiger partial charge is 0.480 e. The van der Waals surface area contributed by atoms with Gasteiger partial charge in [0, 0.05) is 43.2 Å². The molecule has 0 aliphatic carbocycles. The minimum absolute atomic E-state index is 0.0472. The van der Waals surface area contributed by atoms with Crippen LogP contribution in [0.3, 0.4) is 0 Å². The third-order valence-electron chi connectivity index (χ3n) is 4.99. The summed E-state index contributed by atoms with van der Waals surface area (Å²) < 4.78 is 0. The number of likely N-dealkylation sites (tertiary alicyclic amines) is 1. The van der Waals surface area contributed by atoms with Crippen molar-refractivity contribution in [2.24, 2.45) is 0 Å². The molecule has 2 heterocycles. The molecule has 142 valence electrons. The molecular weight excluding hydrogens is 346 g/mol. The number of carboxylic acid groups (broad SMARTS) is 1. The van der Waals surface area contributed by atoms with Gasteiger partial charge in [-0.15, -0.1) is 0 Å². The Balaban J connectivity index is 1.71. The summed E-state index contributed by atoms with van der Waals surface area (Å²) in [6.45, 7) is 2.18. The predicted octanol–water partition coefficient (Wildman–Crippen LogP) is 2.16. The standard InChI is InChI=1S/C20H23N3O4/c1-14(24)23(13-19(25)26)17-5-3-10-22(11-8-17)20(27)16-6-7-18-15(12-16)4-2-9-21-18/h2,4,6-7,9,12,17H,3,5,8,10-11,13H2,1H3,(H,25,26)/t17-/m1/s1. The molecule has 0 spiro atoms. The van der Waals surface area contributed by atoms with Crippen molar-refractivity contribution in [2.45, 2.75) is 32.2 Å². The SMILES string of the molecule is CC(=O)N(CC(=O)O)[C@@H]1CCCN(C(=O)c2ccc3ncccc3c2)CC1. The Kier molecular flexibility index (Phi) is 5.69. The molecule has 7 nitrogen and oxygen atoms in total. The molecule has 1 aliphatic rings. The van der Waals surface area contributed by atoms with Gasteiger partial charge >= 0.3 is 5.97 Å². The molecule has 1 saturated heterocycles. The zero-order chi connectivity index (χ0) is 19.4. The Morgan fingerprint density at radius 3 is 2.78 bits per heavy atom. The van der Waals surface area contributed by atoms with E-state index >= 15 is 0 Å². The van der Waals surface area contributed by atoms with E-state index in [-0.39, 0.29) is 24.4 Å². The highest BCUT2D eigenvalue weighted by Crippen LogP contribution is 2.20. The minimum Gasteiger partial charge on any atom is -0.480 e. The van der Waals surface area contributed by atoms with Crippen molar-refractivity contribution < 1.29 is 19.5 Å². The highest BCUT2D eigenvalue weighted by molar-refractivity contribution is 5.98. The molecule has 27 heavy (non-hydrogen) atoms. The Morgan fingerprint density at radius 2 is 2.04 bits per heavy atom. The average molecular weight is 369 g/mol. The van der Waals surface area contributed by atoms with Crippen molar-refractivity contribution in [2.75, 3.05) is 19.6 Å². The number of carboxylic acids is 1. The zero-order valence-corrected chi connectivity index (χ0v) is 15.3. The molecule has 1 N–H and O–H groups in total. The van der Waals surface area contributed by atoms with Crippen LogP contribution in [0.1, 0.15) is 36.5 Å². The molecule has 1 atom stereocenters. The number of aromatic nitrogens is 1. The normalized spacial score (nSPS) is 17.4. The molecule has 1 aromatic carbocycles. The number of carbonyl (C=O) groups excluding carboxylic acids is 2. The Hall–Kier alpha value is -2.96. The zero-order valence-electron chi connectivity index (χ0n) is 15.3. The quantitative estimate of drug-likeness (QED) is 0.892. The first-order chi connectivity index (χ1) is 13.0. The minimum atomic E-state index is -1.02. The first-order valence-electron chi connectivity index (χ1n) is 9.09. The van der Waals surface area contributed by atoms with E-state index in [0.717, 1.165) is 17.3 Å². The molecule has 0 saturated carbocycles. The lowest BCUT2D eigenvalue weighted by atomic mass is 10.1. The third-order valence-corrected chi connectivity index (χ3v) is 4.99. The number of benzene rings is 1. The maximum Gasteiger partial charge on any atom is 0.323 e. The number of nitrogens with zero attached hydrogens (tertiary/aromatic N) is 3. The lowest BCUT2D eigenvalue weighted by Crippen LogP contribution is -2.43. The van der Waals surface area contributed by atoms with Crippen molar-refractivity contribution in [3.8, 4) is 0 Å². The van der Waals surface area contributed by atoms with Crippen molar-refractivity contribution in [3.63, 3.8) is 0 Å². The van der Waals surface area contributed by atoms with Gasteiger partial charge in [0.1, 0.15) is 6.54 Å². The number of amides is 2. The lowest BCUT2D eigenvalue weighted by molar-refractivity contribution is -0.145. The van der Waals surface area contributed by atoms with Crippen LogP contribution in [0.5, 0.6) is 0 Å². The van der Waals surface area contributed by atoms with E-state index in [4.69, 9.17) is 5.11 Å². The van der Waals surface area contributed by atoms with Crippen LogP contribution >= 0.6 is 0 Å². The highest BCUT2D eigenvalue weighted by atomic mass is 16.4. The first-order valence-corrected chi connectivity index (χ1v) is 9.09. The lowest BCUT2D eigenvalue weighted by Gasteiger charge is -2.28. The van der Waals surface area contributed by atoms with E-state index in [1.54, 1.807) is 17.2 Å². The second kappa shape index (κ2) is 8.16. The van der Waals surface area contributed by atoms with Crippen LogP contribution < -0.4 is 0 Å². The maximum atomic E-state index is 12.9. The van der Waals surface area contributed by atoms with Gasteiger partial charge in [-0.25, -0.2) is 0 Å². The number of fused-ring (bicyclic) bond motifs is 1. The van der Waals surface area contributed by atoms with Crippen molar-refractivity contribution in [3.05, 3.63) is 42.1 Å². The molecule has 1 aromatic heterocycles. The summed E-state index contributed by atoms with van der Waals surface area (Å²) >= 11 is 0. The average Bonchev–Trinajstić information content (AvgIpc) is 2.91. The van der Waals surface area contributed by atoms with Crippen LogP contribution in [-0.4, -0.2) is 63.4 Å². The molecule has 1 fully saturated rings. The molecule has 2 amide bonds. The van der Waals surface area contributed by atoms with Crippen molar-refractivity contribution >= 4 is 28.7 Å². The van der Waals surface area contributed by atoms with Crippen LogP contribution in [0.15, 0.2) is 36.5 Å². The number of carbonyl (C=O) groups is 3. The summed E-state index contributed by atoms with van der Waals surface area (Å²) in [6, 6.07) is 9.08. The predicted molar refractivity (Wildman–Crippen MR) is 100 cm³/mol. The van der Waals surface area contributed by atoms with E-state index in [1.807, 2.05) is 24.3 Å². The highest BCUT2D eigenvalue weighted by Gasteiger charge is 2.28. The molecule has 0 bridgehead atoms. The van der Waals surface area contributed by atoms with Crippen LogP contribution in [0.4, 0.5) is 0 Å². The topological polar surface area (TPSA) is 90.8 Å². The van der Waals surface area contributed by atoms with Gasteiger partial charge in [0.25, 0.3) is 5.91 Å². The summed E-state index contributed by atoms with van der Waals surface area (Å²) in [6.07, 6.45) is 3.72.